The molecule has 3 aliphatic rings. The molecule has 0 radical (unpaired) electrons. The van der Waals surface area contributed by atoms with Crippen LogP contribution in [0.4, 0.5) is 19.1 Å². The number of morpholine rings is 1. The number of anilines is 1. The molecule has 0 amide bonds. The van der Waals surface area contributed by atoms with Gasteiger partial charge in [-0.3, -0.25) is 0 Å². The first-order valence-electron chi connectivity index (χ1n) is 11.2. The van der Waals surface area contributed by atoms with E-state index < -0.39 is 11.7 Å². The molecule has 8 nitrogen and oxygen atoms in total. The van der Waals surface area contributed by atoms with E-state index in [4.69, 9.17) is 4.74 Å². The Morgan fingerprint density at radius 2 is 2.03 bits per heavy atom. The third kappa shape index (κ3) is 3.54. The molecule has 2 aliphatic heterocycles. The predicted molar refractivity (Wildman–Crippen MR) is 116 cm³/mol. The quantitative estimate of drug-likeness (QED) is 0.476. The zero-order valence-electron chi connectivity index (χ0n) is 17.8. The van der Waals surface area contributed by atoms with Gasteiger partial charge in [-0.15, -0.1) is 0 Å². The number of aromatic nitrogens is 4. The topological polar surface area (TPSA) is 99.8 Å². The molecule has 0 bridgehead atoms. The minimum absolute atomic E-state index is 0.156. The highest BCUT2D eigenvalue weighted by atomic mass is 19.4. The summed E-state index contributed by atoms with van der Waals surface area (Å²) in [5.74, 6) is 0.217. The summed E-state index contributed by atoms with van der Waals surface area (Å²) < 4.78 is 47.3. The lowest BCUT2D eigenvalue weighted by atomic mass is 9.60. The van der Waals surface area contributed by atoms with Gasteiger partial charge in [-0.2, -0.15) is 13.2 Å². The normalized spacial score (nSPS) is 24.5. The van der Waals surface area contributed by atoms with Crippen molar-refractivity contribution in [1.29, 1.82) is 0 Å². The Hall–Kier alpha value is -2.76. The summed E-state index contributed by atoms with van der Waals surface area (Å²) in [6.07, 6.45) is -0.310. The molecule has 2 saturated heterocycles. The fourth-order valence-electron chi connectivity index (χ4n) is 4.96. The van der Waals surface area contributed by atoms with E-state index in [9.17, 15) is 13.2 Å². The van der Waals surface area contributed by atoms with Gasteiger partial charge >= 0.3 is 6.18 Å². The van der Waals surface area contributed by atoms with E-state index >= 15 is 0 Å². The number of hydrogen-bond donors (Lipinski definition) is 4. The van der Waals surface area contributed by atoms with Crippen molar-refractivity contribution in [3.8, 4) is 11.3 Å². The zero-order valence-corrected chi connectivity index (χ0v) is 17.8. The molecule has 6 rings (SSSR count). The van der Waals surface area contributed by atoms with E-state index in [1.807, 2.05) is 0 Å². The van der Waals surface area contributed by atoms with Crippen molar-refractivity contribution in [2.24, 2.45) is 5.41 Å². The van der Waals surface area contributed by atoms with Gasteiger partial charge in [0.15, 0.2) is 0 Å². The average molecular weight is 459 g/mol. The SMILES string of the molecule is FC(F)(F)c1cnc(N[C@@H]2CCC23CNC3)nc1-c1c[nH]c2nc(C3CNCCO3)ccc12. The molecule has 11 heteroatoms. The van der Waals surface area contributed by atoms with Crippen molar-refractivity contribution in [3.05, 3.63) is 35.8 Å². The summed E-state index contributed by atoms with van der Waals surface area (Å²) in [7, 11) is 0. The molecule has 1 saturated carbocycles. The summed E-state index contributed by atoms with van der Waals surface area (Å²) in [6, 6.07) is 3.74. The minimum atomic E-state index is -4.58. The molecule has 2 atom stereocenters. The van der Waals surface area contributed by atoms with Gasteiger partial charge in [0.2, 0.25) is 5.95 Å². The summed E-state index contributed by atoms with van der Waals surface area (Å²) >= 11 is 0. The first-order chi connectivity index (χ1) is 15.9. The Bertz CT molecular complexity index is 1180. The van der Waals surface area contributed by atoms with Crippen molar-refractivity contribution in [2.75, 3.05) is 38.1 Å². The molecule has 3 aromatic heterocycles. The predicted octanol–water partition coefficient (Wildman–Crippen LogP) is 2.86. The van der Waals surface area contributed by atoms with Gasteiger partial charge in [-0.25, -0.2) is 15.0 Å². The Balaban J connectivity index is 1.36. The van der Waals surface area contributed by atoms with E-state index in [0.717, 1.165) is 44.4 Å². The summed E-state index contributed by atoms with van der Waals surface area (Å²) in [6.45, 7) is 3.84. The average Bonchev–Trinajstić information content (AvgIpc) is 3.19. The number of ether oxygens (including phenoxy) is 1. The summed E-state index contributed by atoms with van der Waals surface area (Å²) in [4.78, 5) is 16.0. The van der Waals surface area contributed by atoms with Crippen LogP contribution in [0.3, 0.4) is 0 Å². The van der Waals surface area contributed by atoms with Crippen molar-refractivity contribution < 1.29 is 17.9 Å². The fraction of sp³-hybridized carbons (Fsp3) is 0.500. The Morgan fingerprint density at radius 1 is 1.15 bits per heavy atom. The van der Waals surface area contributed by atoms with E-state index in [2.05, 4.69) is 35.9 Å². The number of nitrogens with zero attached hydrogens (tertiary/aromatic N) is 3. The molecular weight excluding hydrogens is 435 g/mol. The van der Waals surface area contributed by atoms with Gasteiger partial charge in [0.25, 0.3) is 0 Å². The Labute approximate surface area is 187 Å². The third-order valence-corrected chi connectivity index (χ3v) is 7.09. The second-order valence-corrected chi connectivity index (χ2v) is 9.05. The van der Waals surface area contributed by atoms with Crippen LogP contribution in [0.1, 0.15) is 30.2 Å². The molecule has 3 fully saturated rings. The van der Waals surface area contributed by atoms with Gasteiger partial charge in [0.1, 0.15) is 17.3 Å². The van der Waals surface area contributed by atoms with Crippen LogP contribution in [0.25, 0.3) is 22.3 Å². The molecule has 1 spiro atoms. The second-order valence-electron chi connectivity index (χ2n) is 9.05. The highest BCUT2D eigenvalue weighted by Crippen LogP contribution is 2.46. The van der Waals surface area contributed by atoms with Crippen LogP contribution in [-0.2, 0) is 10.9 Å². The molecular formula is C22H24F3N7O. The van der Waals surface area contributed by atoms with E-state index in [1.165, 1.54) is 6.20 Å². The number of pyridine rings is 1. The van der Waals surface area contributed by atoms with Gasteiger partial charge in [0, 0.05) is 61.0 Å². The van der Waals surface area contributed by atoms with Crippen molar-refractivity contribution >= 4 is 17.0 Å². The third-order valence-electron chi connectivity index (χ3n) is 7.09. The zero-order chi connectivity index (χ0) is 22.6. The van der Waals surface area contributed by atoms with Crippen LogP contribution in [0.5, 0.6) is 0 Å². The lowest BCUT2D eigenvalue weighted by Gasteiger charge is -2.56. The number of alkyl halides is 3. The first-order valence-corrected chi connectivity index (χ1v) is 11.2. The van der Waals surface area contributed by atoms with Crippen LogP contribution < -0.4 is 16.0 Å². The number of hydrogen-bond acceptors (Lipinski definition) is 7. The van der Waals surface area contributed by atoms with Crippen molar-refractivity contribution in [1.82, 2.24) is 30.6 Å². The van der Waals surface area contributed by atoms with Crippen LogP contribution in [0, 0.1) is 5.41 Å². The van der Waals surface area contributed by atoms with Crippen molar-refractivity contribution in [3.63, 3.8) is 0 Å². The molecule has 3 aromatic rings. The number of rotatable bonds is 4. The minimum Gasteiger partial charge on any atom is -0.369 e. The largest absolute Gasteiger partial charge is 0.419 e. The van der Waals surface area contributed by atoms with Gasteiger partial charge < -0.3 is 25.7 Å². The summed E-state index contributed by atoms with van der Waals surface area (Å²) in [5.41, 5.74) is 0.717. The molecule has 4 N–H and O–H groups in total. The molecule has 1 aliphatic carbocycles. The lowest BCUT2D eigenvalue weighted by Crippen LogP contribution is -2.67. The number of H-pyrrole nitrogens is 1. The van der Waals surface area contributed by atoms with Crippen LogP contribution in [0.2, 0.25) is 0 Å². The molecule has 5 heterocycles. The van der Waals surface area contributed by atoms with Crippen LogP contribution in [-0.4, -0.2) is 58.8 Å². The standard InChI is InChI=1S/C22H24F3N7O/c23-22(24,25)14-8-29-20(31-17-3-4-21(17)10-27-11-21)32-18(14)13-7-28-19-12(13)1-2-15(30-19)16-9-26-5-6-33-16/h1-2,7-8,16-17,26-27H,3-6,9-11H2,(H,28,30)(H,29,31,32)/t16?,17-/m1/s1. The van der Waals surface area contributed by atoms with E-state index in [-0.39, 0.29) is 29.2 Å². The smallest absolute Gasteiger partial charge is 0.369 e. The fourth-order valence-corrected chi connectivity index (χ4v) is 4.96. The molecule has 0 aromatic carbocycles. The summed E-state index contributed by atoms with van der Waals surface area (Å²) in [5, 5.41) is 10.4. The first kappa shape index (κ1) is 20.8. The second kappa shape index (κ2) is 7.64. The lowest BCUT2D eigenvalue weighted by molar-refractivity contribution is -0.137. The monoisotopic (exact) mass is 459 g/mol. The van der Waals surface area contributed by atoms with Gasteiger partial charge in [-0.05, 0) is 25.0 Å². The van der Waals surface area contributed by atoms with Gasteiger partial charge in [-0.1, -0.05) is 0 Å². The van der Waals surface area contributed by atoms with Gasteiger partial charge in [0.05, 0.1) is 18.0 Å². The molecule has 33 heavy (non-hydrogen) atoms. The van der Waals surface area contributed by atoms with E-state index in [1.54, 1.807) is 12.1 Å². The van der Waals surface area contributed by atoms with Crippen LogP contribution in [0.15, 0.2) is 24.5 Å². The van der Waals surface area contributed by atoms with Crippen LogP contribution >= 0.6 is 0 Å². The number of halogens is 3. The Morgan fingerprint density at radius 3 is 2.70 bits per heavy atom. The number of nitrogens with one attached hydrogen (secondary N) is 4. The maximum Gasteiger partial charge on any atom is 0.419 e. The highest BCUT2D eigenvalue weighted by molar-refractivity contribution is 5.93. The number of aromatic amines is 1. The maximum absolute atomic E-state index is 13.8. The molecule has 174 valence electrons. The van der Waals surface area contributed by atoms with Crippen molar-refractivity contribution in [2.45, 2.75) is 31.2 Å². The number of fused-ring (bicyclic) bond motifs is 1. The Kier molecular flexibility index (Phi) is 4.82. The van der Waals surface area contributed by atoms with E-state index in [0.29, 0.717) is 29.7 Å². The molecule has 1 unspecified atom stereocenters. The maximum atomic E-state index is 13.8. The highest BCUT2D eigenvalue weighted by Gasteiger charge is 2.51.